The number of nitrogens with zero attached hydrogens (tertiary/aromatic N) is 2. The van der Waals surface area contributed by atoms with Gasteiger partial charge in [-0.2, -0.15) is 0 Å². The van der Waals surface area contributed by atoms with E-state index in [9.17, 15) is 4.79 Å². The summed E-state index contributed by atoms with van der Waals surface area (Å²) in [7, 11) is 4.09. The number of likely N-dealkylation sites (N-methyl/N-ethyl adjacent to an activating group) is 1. The van der Waals surface area contributed by atoms with Crippen LogP contribution < -0.4 is 5.32 Å². The van der Waals surface area contributed by atoms with Crippen molar-refractivity contribution in [3.8, 4) is 0 Å². The Kier molecular flexibility index (Phi) is 5.36. The smallest absolute Gasteiger partial charge is 0.236 e. The van der Waals surface area contributed by atoms with Crippen LogP contribution in [0.25, 0.3) is 0 Å². The first-order valence-electron chi connectivity index (χ1n) is 6.17. The highest BCUT2D eigenvalue weighted by atomic mass is 16.5. The molecule has 17 heavy (non-hydrogen) atoms. The summed E-state index contributed by atoms with van der Waals surface area (Å²) in [6, 6.07) is 0. The molecule has 5 nitrogen and oxygen atoms in total. The third-order valence-electron chi connectivity index (χ3n) is 3.41. The quantitative estimate of drug-likeness (QED) is 0.725. The molecular weight excluding hydrogens is 218 g/mol. The van der Waals surface area contributed by atoms with Gasteiger partial charge in [0.05, 0.1) is 19.8 Å². The average Bonchev–Trinajstić information content (AvgIpc) is 2.29. The molecule has 1 rings (SSSR count). The second-order valence-electron chi connectivity index (χ2n) is 5.30. The number of hydrogen-bond acceptors (Lipinski definition) is 4. The summed E-state index contributed by atoms with van der Waals surface area (Å²) in [6.45, 7) is 8.28. The van der Waals surface area contributed by atoms with Crippen molar-refractivity contribution in [1.82, 2.24) is 15.1 Å². The lowest BCUT2D eigenvalue weighted by Crippen LogP contribution is -2.50. The monoisotopic (exact) mass is 243 g/mol. The van der Waals surface area contributed by atoms with E-state index >= 15 is 0 Å². The minimum absolute atomic E-state index is 0.0608. The summed E-state index contributed by atoms with van der Waals surface area (Å²) < 4.78 is 5.22. The highest BCUT2D eigenvalue weighted by Crippen LogP contribution is 2.07. The lowest BCUT2D eigenvalue weighted by Gasteiger charge is -2.33. The normalized spacial score (nSPS) is 17.6. The van der Waals surface area contributed by atoms with Gasteiger partial charge < -0.3 is 19.9 Å². The van der Waals surface area contributed by atoms with E-state index in [0.29, 0.717) is 19.8 Å². The van der Waals surface area contributed by atoms with Gasteiger partial charge in [0.15, 0.2) is 0 Å². The molecule has 0 radical (unpaired) electrons. The van der Waals surface area contributed by atoms with Gasteiger partial charge in [-0.15, -0.1) is 0 Å². The predicted molar refractivity (Wildman–Crippen MR) is 68.0 cm³/mol. The first-order chi connectivity index (χ1) is 7.93. The lowest BCUT2D eigenvalue weighted by atomic mass is 10.0. The van der Waals surface area contributed by atoms with E-state index in [1.54, 1.807) is 0 Å². The van der Waals surface area contributed by atoms with Crippen LogP contribution in [0.4, 0.5) is 0 Å². The van der Waals surface area contributed by atoms with Gasteiger partial charge in [0, 0.05) is 25.2 Å². The molecule has 100 valence electrons. The molecule has 1 saturated heterocycles. The van der Waals surface area contributed by atoms with Crippen molar-refractivity contribution >= 4 is 5.91 Å². The predicted octanol–water partition coefficient (Wildman–Crippen LogP) is -0.225. The van der Waals surface area contributed by atoms with Gasteiger partial charge in [0.1, 0.15) is 0 Å². The molecule has 0 aromatic carbocycles. The van der Waals surface area contributed by atoms with Crippen molar-refractivity contribution in [2.75, 3.05) is 53.5 Å². The van der Waals surface area contributed by atoms with E-state index in [4.69, 9.17) is 4.74 Å². The standard InChI is InChI=1S/C12H25N3O2/c1-12(2,14(3)4)10-13-9-11(16)15-5-7-17-8-6-15/h13H,5-10H2,1-4H3. The summed E-state index contributed by atoms with van der Waals surface area (Å²) in [4.78, 5) is 15.9. The second kappa shape index (κ2) is 6.33. The van der Waals surface area contributed by atoms with Gasteiger partial charge in [-0.25, -0.2) is 0 Å². The Hall–Kier alpha value is -0.650. The molecule has 0 saturated carbocycles. The molecule has 0 atom stereocenters. The van der Waals surface area contributed by atoms with Crippen LogP contribution in [0.1, 0.15) is 13.8 Å². The molecule has 1 fully saturated rings. The van der Waals surface area contributed by atoms with Crippen molar-refractivity contribution in [1.29, 1.82) is 0 Å². The topological polar surface area (TPSA) is 44.8 Å². The summed E-state index contributed by atoms with van der Waals surface area (Å²) in [6.07, 6.45) is 0. The van der Waals surface area contributed by atoms with Gasteiger partial charge in [-0.05, 0) is 27.9 Å². The van der Waals surface area contributed by atoms with E-state index in [-0.39, 0.29) is 11.4 Å². The number of hydrogen-bond donors (Lipinski definition) is 1. The number of carbonyl (C=O) groups excluding carboxylic acids is 1. The van der Waals surface area contributed by atoms with E-state index in [0.717, 1.165) is 19.6 Å². The second-order valence-corrected chi connectivity index (χ2v) is 5.30. The number of rotatable bonds is 5. The van der Waals surface area contributed by atoms with E-state index < -0.39 is 0 Å². The molecule has 0 aromatic rings. The molecule has 5 heteroatoms. The van der Waals surface area contributed by atoms with Crippen molar-refractivity contribution in [2.24, 2.45) is 0 Å². The largest absolute Gasteiger partial charge is 0.378 e. The molecule has 1 N–H and O–H groups in total. The number of morpholine rings is 1. The molecule has 0 unspecified atom stereocenters. The maximum atomic E-state index is 11.8. The Morgan fingerprint density at radius 3 is 2.47 bits per heavy atom. The highest BCUT2D eigenvalue weighted by molar-refractivity contribution is 5.78. The zero-order valence-electron chi connectivity index (χ0n) is 11.5. The summed E-state index contributed by atoms with van der Waals surface area (Å²) >= 11 is 0. The highest BCUT2D eigenvalue weighted by Gasteiger charge is 2.21. The number of carbonyl (C=O) groups is 1. The SMILES string of the molecule is CN(C)C(C)(C)CNCC(=O)N1CCOCC1. The van der Waals surface area contributed by atoms with Gasteiger partial charge in [0.2, 0.25) is 5.91 Å². The first kappa shape index (κ1) is 14.4. The van der Waals surface area contributed by atoms with Crippen LogP contribution in [0.5, 0.6) is 0 Å². The van der Waals surface area contributed by atoms with Crippen LogP contribution >= 0.6 is 0 Å². The fourth-order valence-electron chi connectivity index (χ4n) is 1.56. The zero-order valence-corrected chi connectivity index (χ0v) is 11.5. The minimum atomic E-state index is 0.0608. The summed E-state index contributed by atoms with van der Waals surface area (Å²) in [5.74, 6) is 0.169. The van der Waals surface area contributed by atoms with Crippen LogP contribution in [0, 0.1) is 0 Å². The van der Waals surface area contributed by atoms with Crippen LogP contribution in [0.3, 0.4) is 0 Å². The number of amides is 1. The molecule has 0 spiro atoms. The zero-order chi connectivity index (χ0) is 12.9. The third-order valence-corrected chi connectivity index (χ3v) is 3.41. The first-order valence-corrected chi connectivity index (χ1v) is 6.17. The van der Waals surface area contributed by atoms with E-state index in [1.807, 2.05) is 19.0 Å². The number of ether oxygens (including phenoxy) is 1. The minimum Gasteiger partial charge on any atom is -0.378 e. The van der Waals surface area contributed by atoms with Gasteiger partial charge in [-0.3, -0.25) is 4.79 Å². The maximum absolute atomic E-state index is 11.8. The molecule has 0 aliphatic carbocycles. The van der Waals surface area contributed by atoms with Crippen LogP contribution in [-0.2, 0) is 9.53 Å². The van der Waals surface area contributed by atoms with Crippen molar-refractivity contribution < 1.29 is 9.53 Å². The molecule has 1 heterocycles. The molecule has 1 amide bonds. The average molecular weight is 243 g/mol. The molecule has 1 aliphatic heterocycles. The fraction of sp³-hybridized carbons (Fsp3) is 0.917. The van der Waals surface area contributed by atoms with Gasteiger partial charge in [0.25, 0.3) is 0 Å². The van der Waals surface area contributed by atoms with Crippen molar-refractivity contribution in [3.05, 3.63) is 0 Å². The van der Waals surface area contributed by atoms with E-state index in [2.05, 4.69) is 24.1 Å². The molecule has 0 aromatic heterocycles. The van der Waals surface area contributed by atoms with Gasteiger partial charge >= 0.3 is 0 Å². The van der Waals surface area contributed by atoms with Gasteiger partial charge in [-0.1, -0.05) is 0 Å². The van der Waals surface area contributed by atoms with Crippen molar-refractivity contribution in [2.45, 2.75) is 19.4 Å². The molecule has 1 aliphatic rings. The Morgan fingerprint density at radius 2 is 1.94 bits per heavy atom. The lowest BCUT2D eigenvalue weighted by molar-refractivity contribution is -0.134. The summed E-state index contributed by atoms with van der Waals surface area (Å²) in [5.41, 5.74) is 0.0608. The van der Waals surface area contributed by atoms with Crippen LogP contribution in [-0.4, -0.2) is 74.7 Å². The third kappa shape index (κ3) is 4.61. The maximum Gasteiger partial charge on any atom is 0.236 e. The van der Waals surface area contributed by atoms with Crippen LogP contribution in [0.15, 0.2) is 0 Å². The van der Waals surface area contributed by atoms with Crippen LogP contribution in [0.2, 0.25) is 0 Å². The Labute approximate surface area is 104 Å². The Bertz CT molecular complexity index is 248. The Balaban J connectivity index is 2.24. The fourth-order valence-corrected chi connectivity index (χ4v) is 1.56. The van der Waals surface area contributed by atoms with Crippen molar-refractivity contribution in [3.63, 3.8) is 0 Å². The summed E-state index contributed by atoms with van der Waals surface area (Å²) in [5, 5.41) is 3.23. The Morgan fingerprint density at radius 1 is 1.35 bits per heavy atom. The molecule has 0 bridgehead atoms. The van der Waals surface area contributed by atoms with E-state index in [1.165, 1.54) is 0 Å². The number of nitrogens with one attached hydrogen (secondary N) is 1. The molecular formula is C12H25N3O2.